The van der Waals surface area contributed by atoms with Crippen LogP contribution in [0.3, 0.4) is 0 Å². The molecule has 2 aromatic rings. The summed E-state index contributed by atoms with van der Waals surface area (Å²) in [7, 11) is 1.92. The smallest absolute Gasteiger partial charge is 0.225 e. The molecule has 2 rings (SSSR count). The number of rotatable bonds is 6. The number of hydrogen-bond donors (Lipinski definition) is 2. The summed E-state index contributed by atoms with van der Waals surface area (Å²) in [4.78, 5) is 13.9. The van der Waals surface area contributed by atoms with Gasteiger partial charge in [0.05, 0.1) is 23.9 Å². The fourth-order valence-electron chi connectivity index (χ4n) is 1.93. The molecule has 3 N–H and O–H groups in total. The minimum Gasteiger partial charge on any atom is -0.472 e. The SMILES string of the molecule is CN(CCC(=O)Nc1ccc(F)cc1N)Cc1ccoc1. The highest BCUT2D eigenvalue weighted by Crippen LogP contribution is 2.19. The molecule has 0 unspecified atom stereocenters. The van der Waals surface area contributed by atoms with Crippen molar-refractivity contribution in [1.29, 1.82) is 0 Å². The fraction of sp³-hybridized carbons (Fsp3) is 0.267. The van der Waals surface area contributed by atoms with E-state index in [1.807, 2.05) is 18.0 Å². The molecule has 21 heavy (non-hydrogen) atoms. The average Bonchev–Trinajstić information content (AvgIpc) is 2.92. The predicted molar refractivity (Wildman–Crippen MR) is 79.1 cm³/mol. The first kappa shape index (κ1) is 15.1. The van der Waals surface area contributed by atoms with Gasteiger partial charge in [-0.3, -0.25) is 4.79 Å². The molecule has 112 valence electrons. The van der Waals surface area contributed by atoms with Gasteiger partial charge in [-0.1, -0.05) is 0 Å². The molecular weight excluding hydrogens is 273 g/mol. The highest BCUT2D eigenvalue weighted by molar-refractivity contribution is 5.93. The topological polar surface area (TPSA) is 71.5 Å². The van der Waals surface area contributed by atoms with Gasteiger partial charge in [0.1, 0.15) is 5.82 Å². The van der Waals surface area contributed by atoms with E-state index in [0.29, 0.717) is 25.2 Å². The maximum Gasteiger partial charge on any atom is 0.225 e. The standard InChI is InChI=1S/C15H18FN3O2/c1-19(9-11-5-7-21-10-11)6-4-15(20)18-14-3-2-12(16)8-13(14)17/h2-3,5,7-8,10H,4,6,9,17H2,1H3,(H,18,20). The molecule has 0 atom stereocenters. The Balaban J connectivity index is 1.79. The van der Waals surface area contributed by atoms with E-state index in [4.69, 9.17) is 10.2 Å². The number of nitrogens with one attached hydrogen (secondary N) is 1. The fourth-order valence-corrected chi connectivity index (χ4v) is 1.93. The Labute approximate surface area is 122 Å². The van der Waals surface area contributed by atoms with Gasteiger partial charge in [-0.25, -0.2) is 4.39 Å². The van der Waals surface area contributed by atoms with Crippen molar-refractivity contribution in [3.8, 4) is 0 Å². The number of amides is 1. The highest BCUT2D eigenvalue weighted by atomic mass is 19.1. The number of nitrogen functional groups attached to an aromatic ring is 1. The first-order valence-corrected chi connectivity index (χ1v) is 6.59. The third-order valence-electron chi connectivity index (χ3n) is 3.04. The Morgan fingerprint density at radius 2 is 2.24 bits per heavy atom. The molecule has 0 saturated carbocycles. The van der Waals surface area contributed by atoms with Crippen LogP contribution < -0.4 is 11.1 Å². The summed E-state index contributed by atoms with van der Waals surface area (Å²) in [5.74, 6) is -0.585. The molecule has 0 spiro atoms. The first-order chi connectivity index (χ1) is 10.0. The first-order valence-electron chi connectivity index (χ1n) is 6.59. The van der Waals surface area contributed by atoms with Crippen LogP contribution in [0.5, 0.6) is 0 Å². The highest BCUT2D eigenvalue weighted by Gasteiger charge is 2.08. The normalized spacial score (nSPS) is 10.8. The van der Waals surface area contributed by atoms with Gasteiger partial charge in [0.15, 0.2) is 0 Å². The molecule has 0 aliphatic rings. The molecule has 1 heterocycles. The molecule has 0 bridgehead atoms. The maximum absolute atomic E-state index is 12.9. The Morgan fingerprint density at radius 1 is 1.43 bits per heavy atom. The van der Waals surface area contributed by atoms with Gasteiger partial charge in [0.25, 0.3) is 0 Å². The lowest BCUT2D eigenvalue weighted by Crippen LogP contribution is -2.24. The van der Waals surface area contributed by atoms with Gasteiger partial charge in [-0.2, -0.15) is 0 Å². The second-order valence-electron chi connectivity index (χ2n) is 4.90. The number of carbonyl (C=O) groups excluding carboxylic acids is 1. The van der Waals surface area contributed by atoms with Gasteiger partial charge < -0.3 is 20.4 Å². The zero-order chi connectivity index (χ0) is 15.2. The van der Waals surface area contributed by atoms with Crippen molar-refractivity contribution in [2.75, 3.05) is 24.6 Å². The van der Waals surface area contributed by atoms with Crippen LogP contribution in [0.2, 0.25) is 0 Å². The van der Waals surface area contributed by atoms with E-state index in [-0.39, 0.29) is 11.6 Å². The van der Waals surface area contributed by atoms with Crippen LogP contribution in [0.25, 0.3) is 0 Å². The van der Waals surface area contributed by atoms with E-state index in [1.54, 1.807) is 12.5 Å². The molecule has 0 aliphatic heterocycles. The summed E-state index contributed by atoms with van der Waals surface area (Å²) < 4.78 is 17.9. The van der Waals surface area contributed by atoms with Gasteiger partial charge in [0, 0.05) is 25.1 Å². The molecule has 6 heteroatoms. The summed E-state index contributed by atoms with van der Waals surface area (Å²) >= 11 is 0. The van der Waals surface area contributed by atoms with Gasteiger partial charge in [-0.05, 0) is 31.3 Å². The van der Waals surface area contributed by atoms with Crippen molar-refractivity contribution in [3.05, 3.63) is 48.2 Å². The number of benzene rings is 1. The Morgan fingerprint density at radius 3 is 2.90 bits per heavy atom. The number of halogens is 1. The molecule has 0 fully saturated rings. The van der Waals surface area contributed by atoms with E-state index in [2.05, 4.69) is 5.32 Å². The van der Waals surface area contributed by atoms with E-state index in [0.717, 1.165) is 5.56 Å². The summed E-state index contributed by atoms with van der Waals surface area (Å²) in [5, 5.41) is 2.68. The molecule has 1 aromatic carbocycles. The second-order valence-corrected chi connectivity index (χ2v) is 4.90. The third kappa shape index (κ3) is 4.61. The number of hydrogen-bond acceptors (Lipinski definition) is 4. The van der Waals surface area contributed by atoms with Gasteiger partial charge in [-0.15, -0.1) is 0 Å². The van der Waals surface area contributed by atoms with Crippen molar-refractivity contribution in [2.45, 2.75) is 13.0 Å². The Kier molecular flexibility index (Phi) is 4.94. The lowest BCUT2D eigenvalue weighted by atomic mass is 10.2. The third-order valence-corrected chi connectivity index (χ3v) is 3.04. The number of carbonyl (C=O) groups is 1. The molecule has 0 aliphatic carbocycles. The molecule has 5 nitrogen and oxygen atoms in total. The van der Waals surface area contributed by atoms with Gasteiger partial charge >= 0.3 is 0 Å². The number of anilines is 2. The molecule has 1 aromatic heterocycles. The zero-order valence-electron chi connectivity index (χ0n) is 11.8. The van der Waals surface area contributed by atoms with E-state index < -0.39 is 5.82 Å². The Bertz CT molecular complexity index is 599. The average molecular weight is 291 g/mol. The molecule has 0 saturated heterocycles. The van der Waals surface area contributed by atoms with Gasteiger partial charge in [0.2, 0.25) is 5.91 Å². The van der Waals surface area contributed by atoms with Crippen LogP contribution >= 0.6 is 0 Å². The number of nitrogens with zero attached hydrogens (tertiary/aromatic N) is 1. The predicted octanol–water partition coefficient (Wildman–Crippen LogP) is 2.46. The monoisotopic (exact) mass is 291 g/mol. The van der Waals surface area contributed by atoms with Crippen LogP contribution in [0.15, 0.2) is 41.2 Å². The quantitative estimate of drug-likeness (QED) is 0.802. The van der Waals surface area contributed by atoms with Crippen molar-refractivity contribution in [2.24, 2.45) is 0 Å². The van der Waals surface area contributed by atoms with Crippen LogP contribution in [0, 0.1) is 5.82 Å². The van der Waals surface area contributed by atoms with Crippen molar-refractivity contribution in [3.63, 3.8) is 0 Å². The molecular formula is C15H18FN3O2. The second kappa shape index (κ2) is 6.90. The van der Waals surface area contributed by atoms with E-state index in [9.17, 15) is 9.18 Å². The van der Waals surface area contributed by atoms with Crippen LogP contribution in [-0.2, 0) is 11.3 Å². The number of nitrogens with two attached hydrogens (primary N) is 1. The lowest BCUT2D eigenvalue weighted by molar-refractivity contribution is -0.116. The number of furan rings is 1. The van der Waals surface area contributed by atoms with E-state index >= 15 is 0 Å². The van der Waals surface area contributed by atoms with Crippen molar-refractivity contribution in [1.82, 2.24) is 4.90 Å². The molecule has 1 amide bonds. The Hall–Kier alpha value is -2.34. The summed E-state index contributed by atoms with van der Waals surface area (Å²) in [6.45, 7) is 1.31. The summed E-state index contributed by atoms with van der Waals surface area (Å²) in [6.07, 6.45) is 3.62. The lowest BCUT2D eigenvalue weighted by Gasteiger charge is -2.15. The minimum atomic E-state index is -0.426. The minimum absolute atomic E-state index is 0.160. The van der Waals surface area contributed by atoms with Crippen LogP contribution in [0.1, 0.15) is 12.0 Å². The maximum atomic E-state index is 12.9. The summed E-state index contributed by atoms with van der Waals surface area (Å²) in [5.41, 5.74) is 7.34. The van der Waals surface area contributed by atoms with E-state index in [1.165, 1.54) is 18.2 Å². The zero-order valence-corrected chi connectivity index (χ0v) is 11.8. The molecule has 0 radical (unpaired) electrons. The van der Waals surface area contributed by atoms with Crippen LogP contribution in [0.4, 0.5) is 15.8 Å². The van der Waals surface area contributed by atoms with Crippen LogP contribution in [-0.4, -0.2) is 24.4 Å². The van der Waals surface area contributed by atoms with Crippen molar-refractivity contribution >= 4 is 17.3 Å². The van der Waals surface area contributed by atoms with Crippen molar-refractivity contribution < 1.29 is 13.6 Å². The largest absolute Gasteiger partial charge is 0.472 e. The summed E-state index contributed by atoms with van der Waals surface area (Å²) in [6, 6.07) is 5.78.